The highest BCUT2D eigenvalue weighted by Gasteiger charge is 2.19. The van der Waals surface area contributed by atoms with Gasteiger partial charge in [-0.1, -0.05) is 0 Å². The smallest absolute Gasteiger partial charge is 0.268 e. The first-order valence-corrected chi connectivity index (χ1v) is 7.78. The van der Waals surface area contributed by atoms with Crippen molar-refractivity contribution in [3.8, 4) is 0 Å². The summed E-state index contributed by atoms with van der Waals surface area (Å²) in [5.41, 5.74) is 5.27. The number of rotatable bonds is 5. The number of aromatic nitrogens is 4. The number of primary amides is 1. The average Bonchev–Trinajstić information content (AvgIpc) is 2.62. The van der Waals surface area contributed by atoms with E-state index in [0.29, 0.717) is 17.7 Å². The summed E-state index contributed by atoms with van der Waals surface area (Å²) < 4.78 is 0. The van der Waals surface area contributed by atoms with Crippen LogP contribution in [0.15, 0.2) is 24.8 Å². The second-order valence-electron chi connectivity index (χ2n) is 5.63. The number of hydrogen-bond donors (Lipinski definition) is 3. The Bertz CT molecular complexity index is 699. The summed E-state index contributed by atoms with van der Waals surface area (Å²) in [6, 6.07) is 2.33. The molecule has 0 unspecified atom stereocenters. The number of nitrogens with zero attached hydrogens (tertiary/aromatic N) is 5. The van der Waals surface area contributed by atoms with Gasteiger partial charge in [-0.15, -0.1) is 0 Å². The molecule has 1 aliphatic rings. The number of carbonyl (C=O) groups is 1. The normalized spacial score (nSPS) is 15.0. The first-order valence-electron chi connectivity index (χ1n) is 7.78. The average molecular weight is 328 g/mol. The number of hydrogen-bond acceptors (Lipinski definition) is 8. The van der Waals surface area contributed by atoms with Crippen LogP contribution < -0.4 is 21.3 Å². The van der Waals surface area contributed by atoms with Gasteiger partial charge in [0.25, 0.3) is 5.91 Å². The molecule has 0 aromatic carbocycles. The van der Waals surface area contributed by atoms with Gasteiger partial charge in [-0.2, -0.15) is 0 Å². The summed E-state index contributed by atoms with van der Waals surface area (Å²) in [6.07, 6.45) is 6.46. The fraction of sp³-hybridized carbons (Fsp3) is 0.400. The van der Waals surface area contributed by atoms with E-state index in [1.54, 1.807) is 0 Å². The Kier molecular flexibility index (Phi) is 4.80. The van der Waals surface area contributed by atoms with Crippen molar-refractivity contribution in [1.82, 2.24) is 25.3 Å². The predicted octanol–water partition coefficient (Wildman–Crippen LogP) is 0.297. The molecule has 1 aliphatic heterocycles. The fourth-order valence-corrected chi connectivity index (χ4v) is 2.64. The van der Waals surface area contributed by atoms with Crippen LogP contribution in [0.5, 0.6) is 0 Å². The Hall–Kier alpha value is -2.81. The van der Waals surface area contributed by atoms with Gasteiger partial charge in [0.1, 0.15) is 29.5 Å². The summed E-state index contributed by atoms with van der Waals surface area (Å²) in [7, 11) is 2.05. The molecule has 1 fully saturated rings. The van der Waals surface area contributed by atoms with Crippen molar-refractivity contribution in [1.29, 1.82) is 0 Å². The van der Waals surface area contributed by atoms with Gasteiger partial charge in [0.15, 0.2) is 0 Å². The van der Waals surface area contributed by atoms with E-state index in [9.17, 15) is 4.79 Å². The standard InChI is InChI=1S/C15H20N8O/c1-23(10-2-4-17-5-3-10)14-6-12(20-9-21-14)22-13-8-18-11(7-19-13)15(16)24/h6-10,17H,2-5H2,1H3,(H2,16,24)(H,19,20,21,22). The number of nitrogens with two attached hydrogens (primary N) is 1. The van der Waals surface area contributed by atoms with E-state index in [-0.39, 0.29) is 5.69 Å². The molecule has 0 atom stereocenters. The highest BCUT2D eigenvalue weighted by Crippen LogP contribution is 2.20. The molecular formula is C15H20N8O. The molecule has 2 aromatic heterocycles. The summed E-state index contributed by atoms with van der Waals surface area (Å²) in [5, 5.41) is 6.41. The number of carbonyl (C=O) groups excluding carboxylic acids is 1. The predicted molar refractivity (Wildman–Crippen MR) is 90.2 cm³/mol. The molecular weight excluding hydrogens is 308 g/mol. The maximum atomic E-state index is 11.0. The zero-order valence-corrected chi connectivity index (χ0v) is 13.4. The maximum Gasteiger partial charge on any atom is 0.268 e. The Labute approximate surface area is 139 Å². The Morgan fingerprint density at radius 2 is 2.00 bits per heavy atom. The monoisotopic (exact) mass is 328 g/mol. The second-order valence-corrected chi connectivity index (χ2v) is 5.63. The Morgan fingerprint density at radius 1 is 1.21 bits per heavy atom. The zero-order valence-electron chi connectivity index (χ0n) is 13.4. The lowest BCUT2D eigenvalue weighted by Crippen LogP contribution is -2.41. The summed E-state index contributed by atoms with van der Waals surface area (Å²) in [4.78, 5) is 29.8. The molecule has 9 heteroatoms. The topological polar surface area (TPSA) is 122 Å². The molecule has 2 aromatic rings. The maximum absolute atomic E-state index is 11.0. The third-order valence-corrected chi connectivity index (χ3v) is 4.03. The van der Waals surface area contributed by atoms with Crippen LogP contribution in [-0.2, 0) is 0 Å². The third-order valence-electron chi connectivity index (χ3n) is 4.03. The van der Waals surface area contributed by atoms with Crippen molar-refractivity contribution < 1.29 is 4.79 Å². The van der Waals surface area contributed by atoms with E-state index in [1.807, 2.05) is 13.1 Å². The molecule has 4 N–H and O–H groups in total. The Balaban J connectivity index is 1.71. The molecule has 0 aliphatic carbocycles. The van der Waals surface area contributed by atoms with E-state index in [1.165, 1.54) is 18.7 Å². The van der Waals surface area contributed by atoms with Gasteiger partial charge in [-0.3, -0.25) is 4.79 Å². The van der Waals surface area contributed by atoms with E-state index in [0.717, 1.165) is 31.7 Å². The first-order chi connectivity index (χ1) is 11.6. The highest BCUT2D eigenvalue weighted by molar-refractivity contribution is 5.90. The fourth-order valence-electron chi connectivity index (χ4n) is 2.64. The zero-order chi connectivity index (χ0) is 16.9. The van der Waals surface area contributed by atoms with E-state index >= 15 is 0 Å². The van der Waals surface area contributed by atoms with Crippen LogP contribution in [0.1, 0.15) is 23.3 Å². The van der Waals surface area contributed by atoms with E-state index < -0.39 is 5.91 Å². The SMILES string of the molecule is CN(c1cc(Nc2cnc(C(N)=O)cn2)ncn1)C1CCNCC1. The third kappa shape index (κ3) is 3.74. The molecule has 0 bridgehead atoms. The van der Waals surface area contributed by atoms with Crippen molar-refractivity contribution in [2.24, 2.45) is 5.73 Å². The van der Waals surface area contributed by atoms with Gasteiger partial charge in [0.2, 0.25) is 0 Å². The highest BCUT2D eigenvalue weighted by atomic mass is 16.1. The van der Waals surface area contributed by atoms with Crippen LogP contribution >= 0.6 is 0 Å². The van der Waals surface area contributed by atoms with Gasteiger partial charge in [0, 0.05) is 19.2 Å². The van der Waals surface area contributed by atoms with Gasteiger partial charge in [0.05, 0.1) is 12.4 Å². The molecule has 0 radical (unpaired) electrons. The van der Waals surface area contributed by atoms with Gasteiger partial charge in [-0.25, -0.2) is 19.9 Å². The molecule has 0 spiro atoms. The number of anilines is 3. The quantitative estimate of drug-likeness (QED) is 0.716. The number of piperidine rings is 1. The molecule has 3 heterocycles. The number of nitrogens with one attached hydrogen (secondary N) is 2. The van der Waals surface area contributed by atoms with Crippen molar-refractivity contribution in [3.05, 3.63) is 30.5 Å². The van der Waals surface area contributed by atoms with Crippen LogP contribution in [0.3, 0.4) is 0 Å². The van der Waals surface area contributed by atoms with E-state index in [4.69, 9.17) is 5.73 Å². The van der Waals surface area contributed by atoms with Crippen LogP contribution in [0.25, 0.3) is 0 Å². The summed E-state index contributed by atoms with van der Waals surface area (Å²) >= 11 is 0. The van der Waals surface area contributed by atoms with Gasteiger partial charge < -0.3 is 21.3 Å². The molecule has 1 amide bonds. The minimum Gasteiger partial charge on any atom is -0.364 e. The van der Waals surface area contributed by atoms with Crippen molar-refractivity contribution in [3.63, 3.8) is 0 Å². The second kappa shape index (κ2) is 7.18. The van der Waals surface area contributed by atoms with Crippen molar-refractivity contribution >= 4 is 23.4 Å². The Morgan fingerprint density at radius 3 is 2.67 bits per heavy atom. The minimum absolute atomic E-state index is 0.120. The number of amides is 1. The molecule has 9 nitrogen and oxygen atoms in total. The van der Waals surface area contributed by atoms with Crippen molar-refractivity contribution in [2.45, 2.75) is 18.9 Å². The van der Waals surface area contributed by atoms with Crippen LogP contribution in [0.4, 0.5) is 17.5 Å². The minimum atomic E-state index is -0.609. The molecule has 126 valence electrons. The van der Waals surface area contributed by atoms with Gasteiger partial charge >= 0.3 is 0 Å². The molecule has 1 saturated heterocycles. The first kappa shape index (κ1) is 16.1. The lowest BCUT2D eigenvalue weighted by molar-refractivity contribution is 0.0995. The molecule has 24 heavy (non-hydrogen) atoms. The molecule has 3 rings (SSSR count). The molecule has 0 saturated carbocycles. The van der Waals surface area contributed by atoms with Gasteiger partial charge in [-0.05, 0) is 25.9 Å². The van der Waals surface area contributed by atoms with Crippen LogP contribution in [0, 0.1) is 0 Å². The van der Waals surface area contributed by atoms with Crippen LogP contribution in [-0.4, -0.2) is 52.0 Å². The van der Waals surface area contributed by atoms with Crippen LogP contribution in [0.2, 0.25) is 0 Å². The lowest BCUT2D eigenvalue weighted by Gasteiger charge is -2.32. The summed E-state index contributed by atoms with van der Waals surface area (Å²) in [6.45, 7) is 2.04. The largest absolute Gasteiger partial charge is 0.364 e. The van der Waals surface area contributed by atoms with E-state index in [2.05, 4.69) is 35.5 Å². The van der Waals surface area contributed by atoms with Crippen molar-refractivity contribution in [2.75, 3.05) is 30.4 Å². The lowest BCUT2D eigenvalue weighted by atomic mass is 10.1. The summed E-state index contributed by atoms with van der Waals surface area (Å²) in [5.74, 6) is 1.33.